The van der Waals surface area contributed by atoms with Gasteiger partial charge in [0.2, 0.25) is 0 Å². The summed E-state index contributed by atoms with van der Waals surface area (Å²) < 4.78 is 11.5. The average molecular weight is 332 g/mol. The van der Waals surface area contributed by atoms with Crippen LogP contribution >= 0.6 is 0 Å². The van der Waals surface area contributed by atoms with Crippen LogP contribution in [-0.2, 0) is 11.3 Å². The zero-order valence-corrected chi connectivity index (χ0v) is 15.0. The van der Waals surface area contributed by atoms with Gasteiger partial charge in [-0.15, -0.1) is 0 Å². The van der Waals surface area contributed by atoms with Crippen LogP contribution in [0.1, 0.15) is 32.1 Å². The van der Waals surface area contributed by atoms with E-state index in [-0.39, 0.29) is 0 Å². The summed E-state index contributed by atoms with van der Waals surface area (Å²) in [5, 5.41) is 10.7. The van der Waals surface area contributed by atoms with Crippen LogP contribution in [0.5, 0.6) is 0 Å². The molecule has 2 aromatic heterocycles. The number of aromatic amines is 1. The molecule has 6 nitrogen and oxygen atoms in total. The van der Waals surface area contributed by atoms with Crippen molar-refractivity contribution in [1.82, 2.24) is 20.4 Å². The van der Waals surface area contributed by atoms with Gasteiger partial charge in [0.05, 0.1) is 18.4 Å². The number of nitrogens with zero attached hydrogens (tertiary/aromatic N) is 2. The predicted octanol–water partition coefficient (Wildman–Crippen LogP) is 2.57. The summed E-state index contributed by atoms with van der Waals surface area (Å²) in [6.07, 6.45) is 2.47. The van der Waals surface area contributed by atoms with Gasteiger partial charge >= 0.3 is 0 Å². The molecule has 6 heteroatoms. The molecule has 3 heterocycles. The van der Waals surface area contributed by atoms with Gasteiger partial charge in [-0.25, -0.2) is 0 Å². The molecule has 0 aliphatic carbocycles. The lowest BCUT2D eigenvalue weighted by atomic mass is 10.1. The molecule has 132 valence electrons. The molecular weight excluding hydrogens is 304 g/mol. The maximum absolute atomic E-state index is 5.81. The summed E-state index contributed by atoms with van der Waals surface area (Å²) in [6.45, 7) is 12.2. The highest BCUT2D eigenvalue weighted by atomic mass is 16.5. The minimum absolute atomic E-state index is 0.305. The smallest absolute Gasteiger partial charge is 0.152 e. The highest BCUT2D eigenvalue weighted by molar-refractivity contribution is 5.56. The summed E-state index contributed by atoms with van der Waals surface area (Å²) in [5.74, 6) is 1.74. The SMILES string of the molecule is Cc1ccc(-c2[nH]ncc2CNCC(C)N2CC(C)OC(C)C2)o1. The van der Waals surface area contributed by atoms with Crippen molar-refractivity contribution in [1.29, 1.82) is 0 Å². The number of hydrogen-bond donors (Lipinski definition) is 2. The molecule has 0 spiro atoms. The molecule has 1 saturated heterocycles. The average Bonchev–Trinajstić information content (AvgIpc) is 3.14. The van der Waals surface area contributed by atoms with Gasteiger partial charge in [0.15, 0.2) is 5.76 Å². The Morgan fingerprint density at radius 2 is 2.08 bits per heavy atom. The van der Waals surface area contributed by atoms with Gasteiger partial charge in [-0.2, -0.15) is 5.10 Å². The number of ether oxygens (including phenoxy) is 1. The first-order valence-electron chi connectivity index (χ1n) is 8.72. The number of rotatable bonds is 6. The molecule has 24 heavy (non-hydrogen) atoms. The largest absolute Gasteiger partial charge is 0.460 e. The summed E-state index contributed by atoms with van der Waals surface area (Å²) in [7, 11) is 0. The Kier molecular flexibility index (Phi) is 5.38. The van der Waals surface area contributed by atoms with Crippen molar-refractivity contribution >= 4 is 0 Å². The molecule has 0 radical (unpaired) electrons. The third-order valence-corrected chi connectivity index (χ3v) is 4.53. The Morgan fingerprint density at radius 1 is 1.33 bits per heavy atom. The number of H-pyrrole nitrogens is 1. The van der Waals surface area contributed by atoms with E-state index >= 15 is 0 Å². The second-order valence-electron chi connectivity index (χ2n) is 6.87. The molecule has 1 aliphatic heterocycles. The summed E-state index contributed by atoms with van der Waals surface area (Å²) >= 11 is 0. The van der Waals surface area contributed by atoms with Crippen LogP contribution < -0.4 is 5.32 Å². The number of morpholine rings is 1. The van der Waals surface area contributed by atoms with Crippen molar-refractivity contribution in [2.75, 3.05) is 19.6 Å². The molecule has 3 atom stereocenters. The standard InChI is InChI=1S/C18H28N4O2/c1-12(22-10-14(3)23-15(4)11-22)7-19-8-16-9-20-21-18(16)17-6-5-13(2)24-17/h5-6,9,12,14-15,19H,7-8,10-11H2,1-4H3,(H,20,21). The van der Waals surface area contributed by atoms with E-state index in [0.29, 0.717) is 18.2 Å². The second-order valence-corrected chi connectivity index (χ2v) is 6.87. The highest BCUT2D eigenvalue weighted by Crippen LogP contribution is 2.23. The van der Waals surface area contributed by atoms with Crippen LogP contribution in [0.25, 0.3) is 11.5 Å². The van der Waals surface area contributed by atoms with Crippen LogP contribution in [0.2, 0.25) is 0 Å². The number of nitrogens with one attached hydrogen (secondary N) is 2. The quantitative estimate of drug-likeness (QED) is 0.851. The van der Waals surface area contributed by atoms with Crippen LogP contribution in [-0.4, -0.2) is 53.0 Å². The van der Waals surface area contributed by atoms with Gasteiger partial charge in [0.25, 0.3) is 0 Å². The Hall–Kier alpha value is -1.63. The van der Waals surface area contributed by atoms with Gasteiger partial charge in [-0.05, 0) is 39.8 Å². The third kappa shape index (κ3) is 4.06. The molecule has 0 saturated carbocycles. The van der Waals surface area contributed by atoms with E-state index < -0.39 is 0 Å². The van der Waals surface area contributed by atoms with Gasteiger partial charge in [0, 0.05) is 37.8 Å². The molecule has 3 rings (SSSR count). The fourth-order valence-corrected chi connectivity index (χ4v) is 3.35. The minimum Gasteiger partial charge on any atom is -0.460 e. The Balaban J connectivity index is 1.53. The second kappa shape index (κ2) is 7.51. The van der Waals surface area contributed by atoms with Crippen molar-refractivity contribution in [3.8, 4) is 11.5 Å². The van der Waals surface area contributed by atoms with Crippen molar-refractivity contribution < 1.29 is 9.15 Å². The monoisotopic (exact) mass is 332 g/mol. The van der Waals surface area contributed by atoms with E-state index in [1.807, 2.05) is 25.3 Å². The van der Waals surface area contributed by atoms with E-state index in [0.717, 1.165) is 49.0 Å². The minimum atomic E-state index is 0.305. The van der Waals surface area contributed by atoms with Crippen molar-refractivity contribution in [3.05, 3.63) is 29.7 Å². The van der Waals surface area contributed by atoms with Gasteiger partial charge in [-0.3, -0.25) is 10.00 Å². The lowest BCUT2D eigenvalue weighted by Gasteiger charge is -2.39. The van der Waals surface area contributed by atoms with Crippen molar-refractivity contribution in [3.63, 3.8) is 0 Å². The fourth-order valence-electron chi connectivity index (χ4n) is 3.35. The Labute approximate surface area is 143 Å². The predicted molar refractivity (Wildman–Crippen MR) is 93.8 cm³/mol. The zero-order chi connectivity index (χ0) is 17.1. The first-order chi connectivity index (χ1) is 11.5. The van der Waals surface area contributed by atoms with E-state index in [2.05, 4.69) is 41.2 Å². The number of hydrogen-bond acceptors (Lipinski definition) is 5. The normalized spacial score (nSPS) is 23.5. The maximum atomic E-state index is 5.81. The third-order valence-electron chi connectivity index (χ3n) is 4.53. The van der Waals surface area contributed by atoms with E-state index in [9.17, 15) is 0 Å². The molecule has 0 amide bonds. The number of aromatic nitrogens is 2. The Morgan fingerprint density at radius 3 is 2.75 bits per heavy atom. The van der Waals surface area contributed by atoms with Crippen molar-refractivity contribution in [2.24, 2.45) is 0 Å². The fraction of sp³-hybridized carbons (Fsp3) is 0.611. The summed E-state index contributed by atoms with van der Waals surface area (Å²) in [5.41, 5.74) is 2.08. The zero-order valence-electron chi connectivity index (χ0n) is 15.0. The van der Waals surface area contributed by atoms with E-state index in [4.69, 9.17) is 9.15 Å². The van der Waals surface area contributed by atoms with Crippen LogP contribution in [0.4, 0.5) is 0 Å². The first-order valence-corrected chi connectivity index (χ1v) is 8.72. The maximum Gasteiger partial charge on any atom is 0.152 e. The number of aryl methyl sites for hydroxylation is 1. The van der Waals surface area contributed by atoms with E-state index in [1.165, 1.54) is 0 Å². The topological polar surface area (TPSA) is 66.3 Å². The van der Waals surface area contributed by atoms with Crippen LogP contribution in [0.15, 0.2) is 22.7 Å². The highest BCUT2D eigenvalue weighted by Gasteiger charge is 2.25. The molecule has 0 aromatic carbocycles. The molecule has 1 aliphatic rings. The molecule has 2 N–H and O–H groups in total. The lowest BCUT2D eigenvalue weighted by molar-refractivity contribution is -0.0781. The van der Waals surface area contributed by atoms with Crippen LogP contribution in [0, 0.1) is 6.92 Å². The lowest BCUT2D eigenvalue weighted by Crippen LogP contribution is -2.51. The molecular formula is C18H28N4O2. The molecule has 0 bridgehead atoms. The van der Waals surface area contributed by atoms with Crippen molar-refractivity contribution in [2.45, 2.75) is 52.5 Å². The Bertz CT molecular complexity index is 641. The first kappa shape index (κ1) is 17.2. The summed E-state index contributed by atoms with van der Waals surface area (Å²) in [4.78, 5) is 2.50. The number of furan rings is 1. The van der Waals surface area contributed by atoms with Gasteiger partial charge in [0.1, 0.15) is 11.5 Å². The molecule has 2 aromatic rings. The van der Waals surface area contributed by atoms with Crippen LogP contribution in [0.3, 0.4) is 0 Å². The van der Waals surface area contributed by atoms with E-state index in [1.54, 1.807) is 0 Å². The summed E-state index contributed by atoms with van der Waals surface area (Å²) in [6, 6.07) is 4.42. The van der Waals surface area contributed by atoms with Gasteiger partial charge in [-0.1, -0.05) is 0 Å². The molecule has 1 fully saturated rings. The molecule has 3 unspecified atom stereocenters. The van der Waals surface area contributed by atoms with Gasteiger partial charge < -0.3 is 14.5 Å².